The first-order valence-corrected chi connectivity index (χ1v) is 11.4. The number of hydrogen-bond donors (Lipinski definition) is 1. The predicted molar refractivity (Wildman–Crippen MR) is 130 cm³/mol. The second-order valence-corrected chi connectivity index (χ2v) is 8.70. The highest BCUT2D eigenvalue weighted by Gasteiger charge is 2.41. The Hall–Kier alpha value is -4.47. The van der Waals surface area contributed by atoms with Gasteiger partial charge in [0.25, 0.3) is 0 Å². The first-order valence-electron chi connectivity index (χ1n) is 11.4. The summed E-state index contributed by atoms with van der Waals surface area (Å²) in [6.07, 6.45) is -1.79. The molecule has 188 valence electrons. The van der Waals surface area contributed by atoms with Crippen LogP contribution in [-0.4, -0.2) is 30.8 Å². The van der Waals surface area contributed by atoms with E-state index in [0.717, 1.165) is 0 Å². The first kappa shape index (κ1) is 24.2. The molecule has 0 unspecified atom stereocenters. The highest BCUT2D eigenvalue weighted by molar-refractivity contribution is 5.99. The SMILES string of the molecule is Cc1noc(C)c1-c1cnc2c(-c3cccc(C(=O)O)c3)c(C(F)(F)F)n([C@@H](C)c3ccccn3)c2c1. The average Bonchev–Trinajstić information content (AvgIpc) is 3.40. The van der Waals surface area contributed by atoms with Crippen LogP contribution in [0.1, 0.15) is 46.2 Å². The number of aromatic nitrogens is 4. The summed E-state index contributed by atoms with van der Waals surface area (Å²) < 4.78 is 51.0. The number of carbonyl (C=O) groups is 1. The van der Waals surface area contributed by atoms with Crippen LogP contribution in [0, 0.1) is 13.8 Å². The molecule has 0 aliphatic rings. The van der Waals surface area contributed by atoms with Gasteiger partial charge in [0, 0.05) is 29.1 Å². The molecule has 0 fully saturated rings. The quantitative estimate of drug-likeness (QED) is 0.285. The maximum Gasteiger partial charge on any atom is 0.432 e. The molecule has 1 aromatic carbocycles. The second kappa shape index (κ2) is 8.88. The Kier molecular flexibility index (Phi) is 5.82. The molecular weight excluding hydrogens is 485 g/mol. The second-order valence-electron chi connectivity index (χ2n) is 8.70. The summed E-state index contributed by atoms with van der Waals surface area (Å²) in [5.74, 6) is -0.727. The lowest BCUT2D eigenvalue weighted by Crippen LogP contribution is -2.19. The minimum Gasteiger partial charge on any atom is -0.478 e. The van der Waals surface area contributed by atoms with Crippen LogP contribution in [0.4, 0.5) is 13.2 Å². The van der Waals surface area contributed by atoms with E-state index in [0.29, 0.717) is 28.3 Å². The van der Waals surface area contributed by atoms with Crippen LogP contribution in [0.15, 0.2) is 65.4 Å². The van der Waals surface area contributed by atoms with Gasteiger partial charge in [-0.2, -0.15) is 13.2 Å². The minimum atomic E-state index is -4.79. The van der Waals surface area contributed by atoms with Crippen LogP contribution < -0.4 is 0 Å². The summed E-state index contributed by atoms with van der Waals surface area (Å²) in [6.45, 7) is 5.10. The van der Waals surface area contributed by atoms with Crippen molar-refractivity contribution < 1.29 is 27.6 Å². The zero-order valence-corrected chi connectivity index (χ0v) is 20.0. The number of hydrogen-bond acceptors (Lipinski definition) is 5. The van der Waals surface area contributed by atoms with Gasteiger partial charge in [-0.15, -0.1) is 0 Å². The number of alkyl halides is 3. The molecule has 37 heavy (non-hydrogen) atoms. The molecule has 0 aliphatic carbocycles. The molecule has 0 aliphatic heterocycles. The van der Waals surface area contributed by atoms with E-state index < -0.39 is 23.9 Å². The molecule has 0 saturated heterocycles. The smallest absolute Gasteiger partial charge is 0.432 e. The molecule has 0 amide bonds. The van der Waals surface area contributed by atoms with Gasteiger partial charge in [-0.1, -0.05) is 23.4 Å². The van der Waals surface area contributed by atoms with Crippen molar-refractivity contribution in [2.24, 2.45) is 0 Å². The average molecular weight is 506 g/mol. The van der Waals surface area contributed by atoms with E-state index in [2.05, 4.69) is 15.1 Å². The number of halogens is 3. The number of aryl methyl sites for hydroxylation is 2. The molecular formula is C27H21F3N4O3. The Morgan fingerprint density at radius 2 is 1.81 bits per heavy atom. The summed E-state index contributed by atoms with van der Waals surface area (Å²) in [5.41, 5.74) is 1.36. The molecule has 4 heterocycles. The number of pyridine rings is 2. The van der Waals surface area contributed by atoms with Gasteiger partial charge >= 0.3 is 12.1 Å². The predicted octanol–water partition coefficient (Wildman–Crippen LogP) is 6.70. The Bertz CT molecular complexity index is 1620. The lowest BCUT2D eigenvalue weighted by Gasteiger charge is -2.21. The summed E-state index contributed by atoms with van der Waals surface area (Å²) >= 11 is 0. The van der Waals surface area contributed by atoms with Crippen LogP contribution in [0.25, 0.3) is 33.3 Å². The lowest BCUT2D eigenvalue weighted by atomic mass is 10.0. The van der Waals surface area contributed by atoms with Crippen molar-refractivity contribution in [3.05, 3.63) is 89.3 Å². The Labute approximate surface area is 209 Å². The van der Waals surface area contributed by atoms with Crippen LogP contribution >= 0.6 is 0 Å². The maximum absolute atomic E-state index is 14.9. The van der Waals surface area contributed by atoms with Gasteiger partial charge in [0.1, 0.15) is 11.5 Å². The molecule has 10 heteroatoms. The van der Waals surface area contributed by atoms with Crippen molar-refractivity contribution in [3.8, 4) is 22.3 Å². The first-order chi connectivity index (χ1) is 17.6. The fraction of sp³-hybridized carbons (Fsp3) is 0.185. The van der Waals surface area contributed by atoms with E-state index in [1.54, 1.807) is 45.0 Å². The fourth-order valence-electron chi connectivity index (χ4n) is 4.73. The zero-order chi connectivity index (χ0) is 26.5. The number of carboxylic acid groups (broad SMARTS) is 1. The Morgan fingerprint density at radius 1 is 1.03 bits per heavy atom. The number of benzene rings is 1. The van der Waals surface area contributed by atoms with E-state index >= 15 is 0 Å². The third kappa shape index (κ3) is 4.14. The van der Waals surface area contributed by atoms with Gasteiger partial charge in [0.2, 0.25) is 0 Å². The molecule has 1 N–H and O–H groups in total. The molecule has 0 radical (unpaired) electrons. The number of nitrogens with zero attached hydrogens (tertiary/aromatic N) is 4. The number of fused-ring (bicyclic) bond motifs is 1. The van der Waals surface area contributed by atoms with Gasteiger partial charge in [-0.25, -0.2) is 4.79 Å². The molecule has 1 atom stereocenters. The van der Waals surface area contributed by atoms with Gasteiger partial charge in [-0.05, 0) is 56.7 Å². The summed E-state index contributed by atoms with van der Waals surface area (Å²) in [7, 11) is 0. The van der Waals surface area contributed by atoms with Crippen molar-refractivity contribution in [1.82, 2.24) is 19.7 Å². The summed E-state index contributed by atoms with van der Waals surface area (Å²) in [4.78, 5) is 20.4. The highest BCUT2D eigenvalue weighted by Crippen LogP contribution is 2.46. The normalized spacial score (nSPS) is 12.7. The third-order valence-corrected chi connectivity index (χ3v) is 6.33. The zero-order valence-electron chi connectivity index (χ0n) is 20.0. The van der Waals surface area contributed by atoms with Crippen molar-refractivity contribution in [2.75, 3.05) is 0 Å². The number of aromatic carboxylic acids is 1. The Balaban J connectivity index is 1.91. The molecule has 5 aromatic rings. The molecule has 4 aromatic heterocycles. The van der Waals surface area contributed by atoms with E-state index in [4.69, 9.17) is 4.52 Å². The minimum absolute atomic E-state index is 0.0909. The summed E-state index contributed by atoms with van der Waals surface area (Å²) in [5, 5.41) is 13.4. The van der Waals surface area contributed by atoms with Gasteiger partial charge in [-0.3, -0.25) is 9.97 Å². The van der Waals surface area contributed by atoms with Crippen molar-refractivity contribution in [1.29, 1.82) is 0 Å². The highest BCUT2D eigenvalue weighted by atomic mass is 19.4. The maximum atomic E-state index is 14.9. The van der Waals surface area contributed by atoms with E-state index in [9.17, 15) is 23.1 Å². The van der Waals surface area contributed by atoms with Crippen LogP contribution in [-0.2, 0) is 6.18 Å². The molecule has 0 saturated carbocycles. The fourth-order valence-corrected chi connectivity index (χ4v) is 4.73. The lowest BCUT2D eigenvalue weighted by molar-refractivity contribution is -0.143. The van der Waals surface area contributed by atoms with E-state index in [1.165, 1.54) is 41.2 Å². The van der Waals surface area contributed by atoms with Crippen LogP contribution in [0.2, 0.25) is 0 Å². The molecule has 5 rings (SSSR count). The third-order valence-electron chi connectivity index (χ3n) is 6.33. The Morgan fingerprint density at radius 3 is 2.43 bits per heavy atom. The largest absolute Gasteiger partial charge is 0.478 e. The number of carboxylic acids is 1. The monoisotopic (exact) mass is 506 g/mol. The van der Waals surface area contributed by atoms with Crippen molar-refractivity contribution in [3.63, 3.8) is 0 Å². The number of rotatable bonds is 5. The van der Waals surface area contributed by atoms with Crippen LogP contribution in [0.3, 0.4) is 0 Å². The van der Waals surface area contributed by atoms with Crippen LogP contribution in [0.5, 0.6) is 0 Å². The molecule has 7 nitrogen and oxygen atoms in total. The van der Waals surface area contributed by atoms with Gasteiger partial charge in [0.05, 0.1) is 34.0 Å². The van der Waals surface area contributed by atoms with E-state index in [-0.39, 0.29) is 27.7 Å². The molecule has 0 spiro atoms. The van der Waals surface area contributed by atoms with Crippen molar-refractivity contribution in [2.45, 2.75) is 33.0 Å². The van der Waals surface area contributed by atoms with E-state index in [1.807, 2.05) is 0 Å². The van der Waals surface area contributed by atoms with Crippen molar-refractivity contribution >= 4 is 17.0 Å². The summed E-state index contributed by atoms with van der Waals surface area (Å²) in [6, 6.07) is 11.3. The topological polar surface area (TPSA) is 94.0 Å². The van der Waals surface area contributed by atoms with Gasteiger partial charge < -0.3 is 14.2 Å². The standard InChI is InChI=1S/C27H21F3N4O3/c1-14-22(16(3)37-33-14)19-12-21-24(32-13-19)23(17-7-6-8-18(11-17)26(35)36)25(27(28,29)30)34(21)15(2)20-9-4-5-10-31-20/h4-13,15H,1-3H3,(H,35,36)/t15-/m0/s1. The molecule has 0 bridgehead atoms. The van der Waals surface area contributed by atoms with Gasteiger partial charge in [0.15, 0.2) is 0 Å².